The highest BCUT2D eigenvalue weighted by Crippen LogP contribution is 2.12. The number of aliphatic carboxylic acids is 1. The van der Waals surface area contributed by atoms with Crippen LogP contribution < -0.4 is 5.32 Å². The fourth-order valence-corrected chi connectivity index (χ4v) is 1.81. The molecule has 2 aromatic rings. The highest BCUT2D eigenvalue weighted by Gasteiger charge is 2.06. The van der Waals surface area contributed by atoms with Gasteiger partial charge in [0.1, 0.15) is 6.61 Å². The maximum Gasteiger partial charge on any atom is 0.411 e. The van der Waals surface area contributed by atoms with Gasteiger partial charge in [0.05, 0.1) is 6.42 Å². The van der Waals surface area contributed by atoms with Gasteiger partial charge in [-0.2, -0.15) is 0 Å². The Morgan fingerprint density at radius 3 is 2.43 bits per heavy atom. The summed E-state index contributed by atoms with van der Waals surface area (Å²) >= 11 is 0. The Labute approximate surface area is 122 Å². The van der Waals surface area contributed by atoms with E-state index in [-0.39, 0.29) is 13.0 Å². The van der Waals surface area contributed by atoms with Gasteiger partial charge in [-0.15, -0.1) is 0 Å². The van der Waals surface area contributed by atoms with Crippen LogP contribution in [0.1, 0.15) is 11.1 Å². The summed E-state index contributed by atoms with van der Waals surface area (Å²) in [5, 5.41) is 11.3. The Morgan fingerprint density at radius 2 is 1.71 bits per heavy atom. The largest absolute Gasteiger partial charge is 0.481 e. The zero-order valence-corrected chi connectivity index (χ0v) is 11.3. The Hall–Kier alpha value is -2.82. The Morgan fingerprint density at radius 1 is 1.00 bits per heavy atom. The molecule has 0 aliphatic heterocycles. The Kier molecular flexibility index (Phi) is 4.93. The number of benzene rings is 2. The molecule has 21 heavy (non-hydrogen) atoms. The van der Waals surface area contributed by atoms with Crippen LogP contribution in [0.3, 0.4) is 0 Å². The number of hydrogen-bond donors (Lipinski definition) is 2. The highest BCUT2D eigenvalue weighted by molar-refractivity contribution is 5.84. The van der Waals surface area contributed by atoms with Crippen molar-refractivity contribution in [2.75, 3.05) is 5.32 Å². The van der Waals surface area contributed by atoms with Crippen molar-refractivity contribution in [3.05, 3.63) is 65.7 Å². The molecule has 0 aliphatic rings. The monoisotopic (exact) mass is 285 g/mol. The lowest BCUT2D eigenvalue weighted by atomic mass is 10.1. The first kappa shape index (κ1) is 14.6. The van der Waals surface area contributed by atoms with Crippen LogP contribution in [0, 0.1) is 0 Å². The molecule has 0 fully saturated rings. The number of carbonyl (C=O) groups excluding carboxylic acids is 1. The van der Waals surface area contributed by atoms with Gasteiger partial charge < -0.3 is 9.84 Å². The number of amides is 1. The SMILES string of the molecule is O=C(O)Cc1cccc(NC(=O)OCc2ccccc2)c1. The molecule has 0 saturated heterocycles. The Balaban J connectivity index is 1.89. The number of hydrogen-bond acceptors (Lipinski definition) is 3. The van der Waals surface area contributed by atoms with Gasteiger partial charge in [-0.3, -0.25) is 10.1 Å². The Bertz CT molecular complexity index is 625. The minimum Gasteiger partial charge on any atom is -0.481 e. The van der Waals surface area contributed by atoms with Crippen LogP contribution in [-0.4, -0.2) is 17.2 Å². The van der Waals surface area contributed by atoms with Gasteiger partial charge in [-0.1, -0.05) is 42.5 Å². The molecule has 2 N–H and O–H groups in total. The van der Waals surface area contributed by atoms with E-state index in [9.17, 15) is 9.59 Å². The summed E-state index contributed by atoms with van der Waals surface area (Å²) in [5.74, 6) is -0.918. The van der Waals surface area contributed by atoms with Crippen molar-refractivity contribution in [2.24, 2.45) is 0 Å². The van der Waals surface area contributed by atoms with Crippen molar-refractivity contribution >= 4 is 17.7 Å². The third kappa shape index (κ3) is 4.99. The van der Waals surface area contributed by atoms with Crippen LogP contribution in [0.5, 0.6) is 0 Å². The van der Waals surface area contributed by atoms with E-state index in [0.29, 0.717) is 11.3 Å². The van der Waals surface area contributed by atoms with E-state index in [2.05, 4.69) is 5.32 Å². The summed E-state index contributed by atoms with van der Waals surface area (Å²) in [5.41, 5.74) is 2.02. The maximum atomic E-state index is 11.7. The lowest BCUT2D eigenvalue weighted by Crippen LogP contribution is -2.13. The molecule has 108 valence electrons. The number of ether oxygens (including phenoxy) is 1. The first-order valence-corrected chi connectivity index (χ1v) is 6.42. The first-order chi connectivity index (χ1) is 10.1. The molecular formula is C16H15NO4. The average Bonchev–Trinajstić information content (AvgIpc) is 2.46. The van der Waals surface area contributed by atoms with Crippen LogP contribution in [-0.2, 0) is 22.6 Å². The predicted octanol–water partition coefficient (Wildman–Crippen LogP) is 3.06. The van der Waals surface area contributed by atoms with E-state index in [0.717, 1.165) is 5.56 Å². The maximum absolute atomic E-state index is 11.7. The van der Waals surface area contributed by atoms with E-state index in [1.54, 1.807) is 24.3 Å². The van der Waals surface area contributed by atoms with Crippen LogP contribution in [0.4, 0.5) is 10.5 Å². The van der Waals surface area contributed by atoms with Crippen molar-refractivity contribution in [2.45, 2.75) is 13.0 Å². The van der Waals surface area contributed by atoms with Gasteiger partial charge in [0, 0.05) is 5.69 Å². The van der Waals surface area contributed by atoms with E-state index < -0.39 is 12.1 Å². The molecular weight excluding hydrogens is 270 g/mol. The summed E-state index contributed by atoms with van der Waals surface area (Å²) in [6.45, 7) is 0.182. The van der Waals surface area contributed by atoms with Crippen LogP contribution in [0.15, 0.2) is 54.6 Å². The normalized spacial score (nSPS) is 9.90. The lowest BCUT2D eigenvalue weighted by Gasteiger charge is -2.08. The lowest BCUT2D eigenvalue weighted by molar-refractivity contribution is -0.136. The van der Waals surface area contributed by atoms with Crippen LogP contribution in [0.2, 0.25) is 0 Å². The number of carboxylic acids is 1. The standard InChI is InChI=1S/C16H15NO4/c18-15(19)10-13-7-4-8-14(9-13)17-16(20)21-11-12-5-2-1-3-6-12/h1-9H,10-11H2,(H,17,20)(H,18,19). The second kappa shape index (κ2) is 7.09. The molecule has 0 atom stereocenters. The quantitative estimate of drug-likeness (QED) is 0.885. The second-order valence-corrected chi connectivity index (χ2v) is 4.46. The molecule has 5 nitrogen and oxygen atoms in total. The average molecular weight is 285 g/mol. The van der Waals surface area contributed by atoms with Crippen molar-refractivity contribution in [1.29, 1.82) is 0 Å². The number of rotatable bonds is 5. The number of anilines is 1. The number of carboxylic acid groups (broad SMARTS) is 1. The third-order valence-electron chi connectivity index (χ3n) is 2.74. The molecule has 0 bridgehead atoms. The van der Waals surface area contributed by atoms with Crippen molar-refractivity contribution in [3.63, 3.8) is 0 Å². The molecule has 5 heteroatoms. The van der Waals surface area contributed by atoms with Crippen LogP contribution >= 0.6 is 0 Å². The van der Waals surface area contributed by atoms with Gasteiger partial charge in [-0.25, -0.2) is 4.79 Å². The molecule has 0 heterocycles. The smallest absolute Gasteiger partial charge is 0.411 e. The molecule has 0 aliphatic carbocycles. The minimum absolute atomic E-state index is 0.0887. The molecule has 0 spiro atoms. The number of nitrogens with one attached hydrogen (secondary N) is 1. The van der Waals surface area contributed by atoms with Crippen LogP contribution in [0.25, 0.3) is 0 Å². The van der Waals surface area contributed by atoms with E-state index in [1.165, 1.54) is 0 Å². The van der Waals surface area contributed by atoms with Gasteiger partial charge in [0.2, 0.25) is 0 Å². The van der Waals surface area contributed by atoms with E-state index >= 15 is 0 Å². The van der Waals surface area contributed by atoms with Gasteiger partial charge >= 0.3 is 12.1 Å². The zero-order valence-electron chi connectivity index (χ0n) is 11.3. The van der Waals surface area contributed by atoms with Crippen molar-refractivity contribution < 1.29 is 19.4 Å². The van der Waals surface area contributed by atoms with Crippen molar-refractivity contribution in [3.8, 4) is 0 Å². The highest BCUT2D eigenvalue weighted by atomic mass is 16.5. The third-order valence-corrected chi connectivity index (χ3v) is 2.74. The molecule has 1 amide bonds. The molecule has 0 aromatic heterocycles. The van der Waals surface area contributed by atoms with E-state index in [4.69, 9.17) is 9.84 Å². The molecule has 2 rings (SSSR count). The molecule has 2 aromatic carbocycles. The van der Waals surface area contributed by atoms with E-state index in [1.807, 2.05) is 30.3 Å². The summed E-state index contributed by atoms with van der Waals surface area (Å²) in [4.78, 5) is 22.3. The second-order valence-electron chi connectivity index (χ2n) is 4.46. The molecule has 0 radical (unpaired) electrons. The topological polar surface area (TPSA) is 75.6 Å². The minimum atomic E-state index is -0.918. The first-order valence-electron chi connectivity index (χ1n) is 6.42. The predicted molar refractivity (Wildman–Crippen MR) is 78.0 cm³/mol. The summed E-state index contributed by atoms with van der Waals surface area (Å²) in [7, 11) is 0. The zero-order chi connectivity index (χ0) is 15.1. The summed E-state index contributed by atoms with van der Waals surface area (Å²) in [6, 6.07) is 16.0. The molecule has 0 saturated carbocycles. The summed E-state index contributed by atoms with van der Waals surface area (Å²) in [6.07, 6.45) is -0.666. The fraction of sp³-hybridized carbons (Fsp3) is 0.125. The van der Waals surface area contributed by atoms with Gasteiger partial charge in [-0.05, 0) is 23.3 Å². The van der Waals surface area contributed by atoms with Gasteiger partial charge in [0.25, 0.3) is 0 Å². The summed E-state index contributed by atoms with van der Waals surface area (Å²) < 4.78 is 5.09. The molecule has 0 unspecified atom stereocenters. The van der Waals surface area contributed by atoms with Crippen molar-refractivity contribution in [1.82, 2.24) is 0 Å². The fourth-order valence-electron chi connectivity index (χ4n) is 1.81. The number of carbonyl (C=O) groups is 2. The van der Waals surface area contributed by atoms with Gasteiger partial charge in [0.15, 0.2) is 0 Å².